The van der Waals surface area contributed by atoms with Crippen LogP contribution in [-0.4, -0.2) is 4.98 Å². The van der Waals surface area contributed by atoms with Crippen molar-refractivity contribution in [3.8, 4) is 0 Å². The molecular formula is C15H14F4N2. The largest absolute Gasteiger partial charge is 0.416 e. The second-order valence-electron chi connectivity index (χ2n) is 4.71. The molecular weight excluding hydrogens is 284 g/mol. The van der Waals surface area contributed by atoms with E-state index in [-0.39, 0.29) is 12.1 Å². The lowest BCUT2D eigenvalue weighted by molar-refractivity contribution is -0.138. The number of aromatic nitrogens is 1. The van der Waals surface area contributed by atoms with Crippen LogP contribution in [0.25, 0.3) is 0 Å². The Hall–Kier alpha value is -1.95. The third kappa shape index (κ3) is 4.26. The molecule has 1 heterocycles. The second-order valence-corrected chi connectivity index (χ2v) is 4.71. The molecule has 0 atom stereocenters. The van der Waals surface area contributed by atoms with Gasteiger partial charge in [0, 0.05) is 25.0 Å². The fraction of sp³-hybridized carbons (Fsp3) is 0.267. The molecule has 112 valence electrons. The molecule has 1 aromatic heterocycles. The lowest BCUT2D eigenvalue weighted by Crippen LogP contribution is -2.17. The zero-order chi connectivity index (χ0) is 15.5. The Morgan fingerprint density at radius 2 is 1.86 bits per heavy atom. The lowest BCUT2D eigenvalue weighted by atomic mass is 10.1. The number of halogens is 4. The van der Waals surface area contributed by atoms with Crippen LogP contribution in [-0.2, 0) is 19.3 Å². The Kier molecular flexibility index (Phi) is 4.57. The molecule has 1 N–H and O–H groups in total. The van der Waals surface area contributed by atoms with Crippen LogP contribution in [0.15, 0.2) is 36.5 Å². The van der Waals surface area contributed by atoms with E-state index in [9.17, 15) is 17.6 Å². The van der Waals surface area contributed by atoms with E-state index in [1.807, 2.05) is 19.1 Å². The minimum Gasteiger partial charge on any atom is -0.309 e. The minimum atomic E-state index is -4.56. The molecule has 0 saturated heterocycles. The molecule has 1 aromatic carbocycles. The first-order valence-corrected chi connectivity index (χ1v) is 6.34. The Morgan fingerprint density at radius 3 is 2.48 bits per heavy atom. The van der Waals surface area contributed by atoms with Gasteiger partial charge in [-0.05, 0) is 36.2 Å². The van der Waals surface area contributed by atoms with Crippen LogP contribution in [0.3, 0.4) is 0 Å². The molecule has 0 radical (unpaired) electrons. The highest BCUT2D eigenvalue weighted by atomic mass is 19.4. The molecule has 0 fully saturated rings. The number of nitrogens with zero attached hydrogens (tertiary/aromatic N) is 1. The number of aryl methyl sites for hydroxylation is 1. The summed E-state index contributed by atoms with van der Waals surface area (Å²) in [5, 5.41) is 2.91. The Bertz CT molecular complexity index is 606. The first kappa shape index (κ1) is 15.4. The topological polar surface area (TPSA) is 24.9 Å². The predicted octanol–water partition coefficient (Wildman–Crippen LogP) is 3.84. The number of hydrogen-bond acceptors (Lipinski definition) is 2. The van der Waals surface area contributed by atoms with Crippen molar-refractivity contribution in [2.75, 3.05) is 0 Å². The summed E-state index contributed by atoms with van der Waals surface area (Å²) in [5.41, 5.74) is 0.814. The maximum absolute atomic E-state index is 13.0. The second kappa shape index (κ2) is 6.22. The van der Waals surface area contributed by atoms with Gasteiger partial charge in [-0.3, -0.25) is 4.98 Å². The summed E-state index contributed by atoms with van der Waals surface area (Å²) in [7, 11) is 0. The van der Waals surface area contributed by atoms with Crippen molar-refractivity contribution in [2.45, 2.75) is 26.2 Å². The maximum atomic E-state index is 13.0. The molecule has 0 spiro atoms. The standard InChI is InChI=1S/C15H14F4N2/c1-10-2-3-11(8-21-10)7-20-9-12-4-5-13(16)6-14(12)15(17,18)19/h2-6,8,20H,7,9H2,1H3. The van der Waals surface area contributed by atoms with Crippen molar-refractivity contribution in [2.24, 2.45) is 0 Å². The van der Waals surface area contributed by atoms with E-state index in [2.05, 4.69) is 10.3 Å². The van der Waals surface area contributed by atoms with Crippen molar-refractivity contribution in [3.63, 3.8) is 0 Å². The molecule has 0 amide bonds. The molecule has 0 saturated carbocycles. The van der Waals surface area contributed by atoms with Gasteiger partial charge >= 0.3 is 6.18 Å². The zero-order valence-corrected chi connectivity index (χ0v) is 11.3. The summed E-state index contributed by atoms with van der Waals surface area (Å²) in [5.74, 6) is -0.895. The van der Waals surface area contributed by atoms with Crippen LogP contribution in [0.5, 0.6) is 0 Å². The molecule has 0 unspecified atom stereocenters. The molecule has 0 aliphatic carbocycles. The third-order valence-corrected chi connectivity index (χ3v) is 2.99. The van der Waals surface area contributed by atoms with Gasteiger partial charge in [-0.25, -0.2) is 4.39 Å². The summed E-state index contributed by atoms with van der Waals surface area (Å²) in [6.45, 7) is 2.25. The van der Waals surface area contributed by atoms with Crippen LogP contribution in [0.2, 0.25) is 0 Å². The van der Waals surface area contributed by atoms with Crippen molar-refractivity contribution in [3.05, 3.63) is 64.7 Å². The van der Waals surface area contributed by atoms with E-state index in [1.165, 1.54) is 0 Å². The third-order valence-electron chi connectivity index (χ3n) is 2.99. The van der Waals surface area contributed by atoms with Crippen LogP contribution in [0, 0.1) is 12.7 Å². The highest BCUT2D eigenvalue weighted by Crippen LogP contribution is 2.32. The monoisotopic (exact) mass is 298 g/mol. The summed E-state index contributed by atoms with van der Waals surface area (Å²) in [6.07, 6.45) is -2.90. The van der Waals surface area contributed by atoms with E-state index in [4.69, 9.17) is 0 Å². The van der Waals surface area contributed by atoms with Crippen LogP contribution in [0.1, 0.15) is 22.4 Å². The van der Waals surface area contributed by atoms with Crippen molar-refractivity contribution in [1.82, 2.24) is 10.3 Å². The smallest absolute Gasteiger partial charge is 0.309 e. The number of nitrogens with one attached hydrogen (secondary N) is 1. The van der Waals surface area contributed by atoms with E-state index >= 15 is 0 Å². The number of rotatable bonds is 4. The normalized spacial score (nSPS) is 11.7. The van der Waals surface area contributed by atoms with Crippen LogP contribution in [0.4, 0.5) is 17.6 Å². The quantitative estimate of drug-likeness (QED) is 0.868. The van der Waals surface area contributed by atoms with E-state index in [0.29, 0.717) is 12.6 Å². The predicted molar refractivity (Wildman–Crippen MR) is 70.9 cm³/mol. The average molecular weight is 298 g/mol. The molecule has 0 aliphatic heterocycles. The van der Waals surface area contributed by atoms with Gasteiger partial charge in [0.1, 0.15) is 5.82 Å². The fourth-order valence-electron chi connectivity index (χ4n) is 1.91. The average Bonchev–Trinajstić information content (AvgIpc) is 2.41. The maximum Gasteiger partial charge on any atom is 0.416 e. The van der Waals surface area contributed by atoms with Crippen molar-refractivity contribution in [1.29, 1.82) is 0 Å². The molecule has 2 nitrogen and oxygen atoms in total. The highest BCUT2D eigenvalue weighted by Gasteiger charge is 2.33. The first-order valence-electron chi connectivity index (χ1n) is 6.34. The number of alkyl halides is 3. The number of pyridine rings is 1. The van der Waals surface area contributed by atoms with Crippen molar-refractivity contribution < 1.29 is 17.6 Å². The molecule has 2 rings (SSSR count). The van der Waals surface area contributed by atoms with Crippen molar-refractivity contribution >= 4 is 0 Å². The summed E-state index contributed by atoms with van der Waals surface area (Å²) >= 11 is 0. The van der Waals surface area contributed by atoms with Gasteiger partial charge in [0.05, 0.1) is 5.56 Å². The fourth-order valence-corrected chi connectivity index (χ4v) is 1.91. The number of benzene rings is 1. The lowest BCUT2D eigenvalue weighted by Gasteiger charge is -2.13. The molecule has 0 bridgehead atoms. The van der Waals surface area contributed by atoms with E-state index in [1.54, 1.807) is 6.20 Å². The van der Waals surface area contributed by atoms with E-state index < -0.39 is 17.6 Å². The summed E-state index contributed by atoms with van der Waals surface area (Å²) < 4.78 is 51.4. The molecule has 6 heteroatoms. The molecule has 21 heavy (non-hydrogen) atoms. The SMILES string of the molecule is Cc1ccc(CNCc2ccc(F)cc2C(F)(F)F)cn1. The van der Waals surface area contributed by atoms with Gasteiger partial charge in [0.25, 0.3) is 0 Å². The van der Waals surface area contributed by atoms with Gasteiger partial charge in [-0.15, -0.1) is 0 Å². The minimum absolute atomic E-state index is 0.00298. The Morgan fingerprint density at radius 1 is 1.10 bits per heavy atom. The number of hydrogen-bond donors (Lipinski definition) is 1. The van der Waals surface area contributed by atoms with Crippen LogP contribution < -0.4 is 5.32 Å². The van der Waals surface area contributed by atoms with Gasteiger partial charge in [-0.1, -0.05) is 12.1 Å². The van der Waals surface area contributed by atoms with Gasteiger partial charge in [-0.2, -0.15) is 13.2 Å². The first-order chi connectivity index (χ1) is 9.86. The van der Waals surface area contributed by atoms with Gasteiger partial charge in [0.2, 0.25) is 0 Å². The summed E-state index contributed by atoms with van der Waals surface area (Å²) in [4.78, 5) is 4.10. The van der Waals surface area contributed by atoms with Gasteiger partial charge < -0.3 is 5.32 Å². The molecule has 2 aromatic rings. The summed E-state index contributed by atoms with van der Waals surface area (Å²) in [6, 6.07) is 6.38. The molecule has 0 aliphatic rings. The Balaban J connectivity index is 2.05. The zero-order valence-electron chi connectivity index (χ0n) is 11.3. The van der Waals surface area contributed by atoms with Crippen LogP contribution >= 0.6 is 0 Å². The van der Waals surface area contributed by atoms with Gasteiger partial charge in [0.15, 0.2) is 0 Å². The Labute approximate surface area is 119 Å². The van der Waals surface area contributed by atoms with E-state index in [0.717, 1.165) is 23.4 Å². The highest BCUT2D eigenvalue weighted by molar-refractivity contribution is 5.30.